The van der Waals surface area contributed by atoms with E-state index in [2.05, 4.69) is 24.2 Å². The molecule has 2 heterocycles. The number of benzene rings is 2. The first kappa shape index (κ1) is 21.3. The SMILES string of the molecule is C=CS.FC(F)(F)c1ccc(C2CC(c3ccc[nH]3)=Nc3ccccc3S2)cc1. The van der Waals surface area contributed by atoms with Crippen molar-refractivity contribution in [3.8, 4) is 0 Å². The van der Waals surface area contributed by atoms with Crippen molar-refractivity contribution >= 4 is 35.8 Å². The van der Waals surface area contributed by atoms with E-state index in [1.807, 2.05) is 42.6 Å². The van der Waals surface area contributed by atoms with Crippen LogP contribution in [0.3, 0.4) is 0 Å². The predicted octanol–water partition coefficient (Wildman–Crippen LogP) is 7.45. The first-order valence-corrected chi connectivity index (χ1v) is 10.2. The molecule has 1 unspecified atom stereocenters. The van der Waals surface area contributed by atoms with Crippen LogP contribution in [0.4, 0.5) is 18.9 Å². The highest BCUT2D eigenvalue weighted by Gasteiger charge is 2.30. The number of aliphatic imine (C=N–C) groups is 1. The second-order valence-corrected chi connectivity index (χ2v) is 7.83. The summed E-state index contributed by atoms with van der Waals surface area (Å²) in [6.45, 7) is 3.23. The molecule has 0 bridgehead atoms. The molecule has 0 saturated carbocycles. The number of halogens is 3. The fraction of sp³-hybridized carbons (Fsp3) is 0.136. The van der Waals surface area contributed by atoms with Crippen LogP contribution in [-0.2, 0) is 6.18 Å². The Morgan fingerprint density at radius 2 is 1.76 bits per heavy atom. The standard InChI is InChI=1S/C20H15F3N2S.C2H4S/c21-20(22,23)14-9-7-13(8-10-14)19-12-17(15-5-3-11-24-15)25-16-4-1-2-6-18(16)26-19;1-2-3/h1-11,19,24H,12H2;2-3H,1H2. The summed E-state index contributed by atoms with van der Waals surface area (Å²) in [4.78, 5) is 9.00. The van der Waals surface area contributed by atoms with Crippen molar-refractivity contribution in [2.75, 3.05) is 0 Å². The smallest absolute Gasteiger partial charge is 0.360 e. The highest BCUT2D eigenvalue weighted by atomic mass is 32.2. The molecule has 1 N–H and O–H groups in total. The molecule has 0 aliphatic carbocycles. The number of aromatic nitrogens is 1. The molecule has 0 radical (unpaired) electrons. The summed E-state index contributed by atoms with van der Waals surface area (Å²) in [6.07, 6.45) is -1.85. The summed E-state index contributed by atoms with van der Waals surface area (Å²) in [7, 11) is 0. The normalized spacial score (nSPS) is 16.0. The molecule has 150 valence electrons. The summed E-state index contributed by atoms with van der Waals surface area (Å²) in [5.41, 5.74) is 2.95. The lowest BCUT2D eigenvalue weighted by Crippen LogP contribution is -2.07. The Morgan fingerprint density at radius 3 is 2.38 bits per heavy atom. The van der Waals surface area contributed by atoms with E-state index in [1.54, 1.807) is 23.9 Å². The zero-order valence-electron chi connectivity index (χ0n) is 15.4. The van der Waals surface area contributed by atoms with Crippen LogP contribution < -0.4 is 0 Å². The maximum atomic E-state index is 12.8. The second kappa shape index (κ2) is 9.41. The molecule has 0 fully saturated rings. The maximum absolute atomic E-state index is 12.8. The molecule has 2 aromatic carbocycles. The van der Waals surface area contributed by atoms with Gasteiger partial charge in [0.15, 0.2) is 0 Å². The van der Waals surface area contributed by atoms with Gasteiger partial charge in [0.1, 0.15) is 0 Å². The van der Waals surface area contributed by atoms with Crippen LogP contribution >= 0.6 is 24.4 Å². The number of nitrogens with zero attached hydrogens (tertiary/aromatic N) is 1. The molecule has 2 nitrogen and oxygen atoms in total. The maximum Gasteiger partial charge on any atom is 0.416 e. The van der Waals surface area contributed by atoms with Gasteiger partial charge in [-0.3, -0.25) is 4.99 Å². The van der Waals surface area contributed by atoms with Crippen LogP contribution in [0.15, 0.2) is 88.7 Å². The lowest BCUT2D eigenvalue weighted by Gasteiger charge is -2.16. The number of nitrogens with one attached hydrogen (secondary N) is 1. The molecule has 29 heavy (non-hydrogen) atoms. The second-order valence-electron chi connectivity index (χ2n) is 6.22. The van der Waals surface area contributed by atoms with Crippen LogP contribution in [0, 0.1) is 0 Å². The van der Waals surface area contributed by atoms with E-state index < -0.39 is 11.7 Å². The number of hydrogen-bond acceptors (Lipinski definition) is 3. The van der Waals surface area contributed by atoms with Crippen molar-refractivity contribution in [1.82, 2.24) is 4.98 Å². The topological polar surface area (TPSA) is 28.1 Å². The third kappa shape index (κ3) is 5.36. The minimum absolute atomic E-state index is 0.0111. The molecule has 0 amide bonds. The van der Waals surface area contributed by atoms with Gasteiger partial charge in [-0.1, -0.05) is 30.8 Å². The number of fused-ring (bicyclic) bond motifs is 1. The average Bonchev–Trinajstić information content (AvgIpc) is 3.16. The van der Waals surface area contributed by atoms with Gasteiger partial charge in [-0.05, 0) is 47.4 Å². The third-order valence-corrected chi connectivity index (χ3v) is 5.61. The zero-order chi connectivity index (χ0) is 20.9. The van der Waals surface area contributed by atoms with Crippen LogP contribution in [0.25, 0.3) is 0 Å². The predicted molar refractivity (Wildman–Crippen MR) is 117 cm³/mol. The van der Waals surface area contributed by atoms with Gasteiger partial charge < -0.3 is 4.98 Å². The van der Waals surface area contributed by atoms with Gasteiger partial charge >= 0.3 is 6.18 Å². The Bertz CT molecular complexity index is 978. The summed E-state index contributed by atoms with van der Waals surface area (Å²) in [5.74, 6) is 0. The van der Waals surface area contributed by atoms with Crippen molar-refractivity contribution in [2.45, 2.75) is 22.7 Å². The number of thiol groups is 1. The van der Waals surface area contributed by atoms with Crippen molar-refractivity contribution in [3.63, 3.8) is 0 Å². The van der Waals surface area contributed by atoms with Crippen LogP contribution in [0.5, 0.6) is 0 Å². The monoisotopic (exact) mass is 432 g/mol. The Morgan fingerprint density at radius 1 is 1.07 bits per heavy atom. The molecule has 1 aromatic heterocycles. The van der Waals surface area contributed by atoms with Gasteiger partial charge in [0.05, 0.1) is 22.7 Å². The molecule has 1 atom stereocenters. The lowest BCUT2D eigenvalue weighted by molar-refractivity contribution is -0.137. The van der Waals surface area contributed by atoms with Gasteiger partial charge in [-0.2, -0.15) is 25.8 Å². The molecule has 1 aliphatic heterocycles. The minimum atomic E-state index is -4.32. The summed E-state index contributed by atoms with van der Waals surface area (Å²) in [5, 5.41) is 1.43. The van der Waals surface area contributed by atoms with Gasteiger partial charge in [0.25, 0.3) is 0 Å². The fourth-order valence-corrected chi connectivity index (χ4v) is 4.20. The molecular weight excluding hydrogens is 413 g/mol. The quantitative estimate of drug-likeness (QED) is 0.404. The fourth-order valence-electron chi connectivity index (χ4n) is 2.96. The molecular formula is C22H19F3N2S2. The van der Waals surface area contributed by atoms with E-state index in [4.69, 9.17) is 4.99 Å². The molecule has 3 aromatic rings. The van der Waals surface area contributed by atoms with Crippen molar-refractivity contribution in [1.29, 1.82) is 0 Å². The molecule has 4 rings (SSSR count). The Labute approximate surface area is 177 Å². The van der Waals surface area contributed by atoms with Gasteiger partial charge in [-0.15, -0.1) is 11.8 Å². The highest BCUT2D eigenvalue weighted by molar-refractivity contribution is 7.99. The Kier molecular flexibility index (Phi) is 6.92. The molecule has 1 aliphatic rings. The number of para-hydroxylation sites is 1. The zero-order valence-corrected chi connectivity index (χ0v) is 17.1. The highest BCUT2D eigenvalue weighted by Crippen LogP contribution is 2.45. The molecule has 0 saturated heterocycles. The van der Waals surface area contributed by atoms with E-state index in [-0.39, 0.29) is 5.25 Å². The van der Waals surface area contributed by atoms with E-state index in [1.165, 1.54) is 5.41 Å². The van der Waals surface area contributed by atoms with Crippen molar-refractivity contribution in [3.05, 3.63) is 95.7 Å². The van der Waals surface area contributed by atoms with E-state index >= 15 is 0 Å². The number of H-pyrrole nitrogens is 1. The van der Waals surface area contributed by atoms with Crippen molar-refractivity contribution in [2.24, 2.45) is 4.99 Å². The first-order valence-electron chi connectivity index (χ1n) is 8.81. The van der Waals surface area contributed by atoms with Gasteiger partial charge in [0.2, 0.25) is 0 Å². The van der Waals surface area contributed by atoms with Gasteiger partial charge in [-0.25, -0.2) is 0 Å². The Hall–Kier alpha value is -2.38. The average molecular weight is 433 g/mol. The summed E-state index contributed by atoms with van der Waals surface area (Å²) < 4.78 is 38.5. The largest absolute Gasteiger partial charge is 0.416 e. The summed E-state index contributed by atoms with van der Waals surface area (Å²) in [6, 6.07) is 17.2. The van der Waals surface area contributed by atoms with E-state index in [0.717, 1.165) is 39.7 Å². The molecule has 7 heteroatoms. The van der Waals surface area contributed by atoms with Crippen LogP contribution in [-0.4, -0.2) is 10.7 Å². The number of aromatic amines is 1. The number of hydrogen-bond donors (Lipinski definition) is 2. The van der Waals surface area contributed by atoms with Gasteiger partial charge in [0, 0.05) is 22.8 Å². The Balaban J connectivity index is 0.000000755. The third-order valence-electron chi connectivity index (χ3n) is 4.29. The first-order chi connectivity index (χ1) is 13.9. The number of thioether (sulfide) groups is 1. The number of rotatable bonds is 2. The lowest BCUT2D eigenvalue weighted by atomic mass is 10.0. The van der Waals surface area contributed by atoms with Crippen molar-refractivity contribution < 1.29 is 13.2 Å². The van der Waals surface area contributed by atoms with E-state index in [9.17, 15) is 13.2 Å². The number of alkyl halides is 3. The summed E-state index contributed by atoms with van der Waals surface area (Å²) >= 11 is 5.19. The molecule has 0 spiro atoms. The minimum Gasteiger partial charge on any atom is -0.360 e. The van der Waals surface area contributed by atoms with Crippen LogP contribution in [0.2, 0.25) is 0 Å². The van der Waals surface area contributed by atoms with E-state index in [0.29, 0.717) is 6.42 Å². The van der Waals surface area contributed by atoms with Crippen LogP contribution in [0.1, 0.15) is 28.5 Å².